The highest BCUT2D eigenvalue weighted by Gasteiger charge is 2.36. The average molecular weight is 1110 g/mol. The number of anilines is 9. The van der Waals surface area contributed by atoms with Crippen molar-refractivity contribution in [2.24, 2.45) is 0 Å². The fourth-order valence-electron chi connectivity index (χ4n) is 11.5. The molecule has 3 nitrogen and oxygen atoms in total. The lowest BCUT2D eigenvalue weighted by atomic mass is 9.82. The molecule has 0 aromatic heterocycles. The molecule has 1 aliphatic rings. The van der Waals surface area contributed by atoms with E-state index in [9.17, 15) is 0 Å². The first-order chi connectivity index (χ1) is 38.3. The van der Waals surface area contributed by atoms with Crippen LogP contribution >= 0.6 is 15.9 Å². The zero-order chi connectivity index (χ0) is 56.7. The molecule has 0 unspecified atom stereocenters. The molecule has 0 N–H and O–H groups in total. The van der Waals surface area contributed by atoms with Gasteiger partial charge in [0.15, 0.2) is 0 Å². The molecule has 0 fully saturated rings. The molecule has 10 aromatic rings. The van der Waals surface area contributed by atoms with Crippen LogP contribution in [0.1, 0.15) is 108 Å². The molecule has 0 aliphatic heterocycles. The second kappa shape index (κ2) is 22.3. The number of hydrogen-bond donors (Lipinski definition) is 0. The molecule has 0 bridgehead atoms. The van der Waals surface area contributed by atoms with Crippen molar-refractivity contribution in [3.63, 3.8) is 0 Å². The van der Waals surface area contributed by atoms with Crippen LogP contribution in [0.15, 0.2) is 229 Å². The van der Waals surface area contributed by atoms with Crippen molar-refractivity contribution in [3.8, 4) is 33.4 Å². The van der Waals surface area contributed by atoms with Crippen LogP contribution in [0, 0.1) is 20.8 Å². The molecule has 0 atom stereocenters. The summed E-state index contributed by atoms with van der Waals surface area (Å²) in [5, 5.41) is 0. The van der Waals surface area contributed by atoms with Crippen LogP contribution < -0.4 is 14.7 Å². The first kappa shape index (κ1) is 55.4. The first-order valence-corrected chi connectivity index (χ1v) is 29.2. The Labute approximate surface area is 486 Å². The van der Waals surface area contributed by atoms with Gasteiger partial charge in [-0.05, 0) is 199 Å². The van der Waals surface area contributed by atoms with E-state index in [0.29, 0.717) is 0 Å². The van der Waals surface area contributed by atoms with Crippen molar-refractivity contribution in [2.45, 2.75) is 106 Å². The first-order valence-electron chi connectivity index (χ1n) is 28.4. The molecule has 10 aromatic carbocycles. The van der Waals surface area contributed by atoms with Gasteiger partial charge in [0.25, 0.3) is 0 Å². The fraction of sp³-hybridized carbons (Fsp3) is 0.211. The molecule has 11 rings (SSSR count). The van der Waals surface area contributed by atoms with E-state index >= 15 is 0 Å². The van der Waals surface area contributed by atoms with Gasteiger partial charge in [-0.1, -0.05) is 215 Å². The SMILES string of the molecule is CC.Cc1cc(N(c2ccc(C(C)(C)C)cc2)c2ccc(C(C)(C)C)cc2)c(Br)c(N(c2cccc(N(c3cc(-c4ccccc4)ccc3C)c3cc(-c4ccccc4)ccc3C)c2)c2ccc3c(c2)C(C)(C)c2ccccc2-3)c1. The summed E-state index contributed by atoms with van der Waals surface area (Å²) in [7, 11) is 0. The maximum atomic E-state index is 4.41. The molecule has 0 heterocycles. The van der Waals surface area contributed by atoms with Gasteiger partial charge < -0.3 is 14.7 Å². The minimum atomic E-state index is -0.209. The minimum absolute atomic E-state index is 0.0119. The molecule has 402 valence electrons. The Bertz CT molecular complexity index is 3680. The van der Waals surface area contributed by atoms with E-state index in [4.69, 9.17) is 0 Å². The van der Waals surface area contributed by atoms with E-state index in [0.717, 1.165) is 61.2 Å². The summed E-state index contributed by atoms with van der Waals surface area (Å²) >= 11 is 4.41. The van der Waals surface area contributed by atoms with Crippen molar-refractivity contribution < 1.29 is 0 Å². The third-order valence-corrected chi connectivity index (χ3v) is 16.7. The van der Waals surface area contributed by atoms with Gasteiger partial charge in [0.2, 0.25) is 0 Å². The van der Waals surface area contributed by atoms with Gasteiger partial charge >= 0.3 is 0 Å². The molecule has 4 heteroatoms. The molecule has 0 saturated heterocycles. The smallest absolute Gasteiger partial charge is 0.0657 e. The third-order valence-electron chi connectivity index (χ3n) is 15.9. The van der Waals surface area contributed by atoms with Crippen molar-refractivity contribution in [2.75, 3.05) is 14.7 Å². The third kappa shape index (κ3) is 10.8. The number of benzene rings is 10. The lowest BCUT2D eigenvalue weighted by Gasteiger charge is -2.34. The largest absolute Gasteiger partial charge is 0.310 e. The van der Waals surface area contributed by atoms with Crippen LogP contribution in [0.25, 0.3) is 33.4 Å². The number of rotatable bonds is 11. The number of aryl methyl sites for hydroxylation is 3. The Kier molecular flexibility index (Phi) is 15.5. The molecule has 1 aliphatic carbocycles. The van der Waals surface area contributed by atoms with E-state index in [1.165, 1.54) is 66.8 Å². The zero-order valence-corrected chi connectivity index (χ0v) is 50.7. The second-order valence-electron chi connectivity index (χ2n) is 23.9. The van der Waals surface area contributed by atoms with Crippen molar-refractivity contribution in [1.29, 1.82) is 0 Å². The predicted molar refractivity (Wildman–Crippen MR) is 350 cm³/mol. The van der Waals surface area contributed by atoms with Gasteiger partial charge in [0.1, 0.15) is 0 Å². The number of fused-ring (bicyclic) bond motifs is 3. The van der Waals surface area contributed by atoms with Gasteiger partial charge in [-0.3, -0.25) is 0 Å². The lowest BCUT2D eigenvalue weighted by molar-refractivity contribution is 0.590. The zero-order valence-electron chi connectivity index (χ0n) is 49.1. The summed E-state index contributed by atoms with van der Waals surface area (Å²) in [5.41, 5.74) is 25.5. The highest BCUT2D eigenvalue weighted by Crippen LogP contribution is 2.54. The van der Waals surface area contributed by atoms with Crippen LogP contribution in [0.5, 0.6) is 0 Å². The molecule has 80 heavy (non-hydrogen) atoms. The van der Waals surface area contributed by atoms with Crippen LogP contribution in [0.2, 0.25) is 0 Å². The normalized spacial score (nSPS) is 12.5. The predicted octanol–water partition coefficient (Wildman–Crippen LogP) is 23.0. The molecular weight excluding hydrogens is 1030 g/mol. The molecule has 0 spiro atoms. The van der Waals surface area contributed by atoms with Gasteiger partial charge in [0.05, 0.1) is 15.8 Å². The topological polar surface area (TPSA) is 9.72 Å². The van der Waals surface area contributed by atoms with Crippen LogP contribution in [0.3, 0.4) is 0 Å². The Morgan fingerprint density at radius 1 is 0.338 bits per heavy atom. The summed E-state index contributed by atoms with van der Waals surface area (Å²) in [6.45, 7) is 29.1. The maximum Gasteiger partial charge on any atom is 0.0657 e. The van der Waals surface area contributed by atoms with Gasteiger partial charge in [-0.25, -0.2) is 0 Å². The Balaban J connectivity index is 0.00000356. The van der Waals surface area contributed by atoms with Crippen molar-refractivity contribution >= 4 is 67.1 Å². The summed E-state index contributed by atoms with van der Waals surface area (Å²) in [6.07, 6.45) is 0. The van der Waals surface area contributed by atoms with E-state index in [1.54, 1.807) is 0 Å². The molecule has 0 amide bonds. The van der Waals surface area contributed by atoms with Gasteiger partial charge in [-0.15, -0.1) is 0 Å². The number of hydrogen-bond acceptors (Lipinski definition) is 3. The van der Waals surface area contributed by atoms with E-state index in [1.807, 2.05) is 13.8 Å². The van der Waals surface area contributed by atoms with E-state index in [2.05, 4.69) is 331 Å². The quantitative estimate of drug-likeness (QED) is 0.128. The summed E-state index contributed by atoms with van der Waals surface area (Å²) < 4.78 is 0.982. The minimum Gasteiger partial charge on any atom is -0.310 e. The van der Waals surface area contributed by atoms with Crippen LogP contribution in [-0.4, -0.2) is 0 Å². The molecule has 0 saturated carbocycles. The van der Waals surface area contributed by atoms with Crippen molar-refractivity contribution in [3.05, 3.63) is 268 Å². The van der Waals surface area contributed by atoms with E-state index in [-0.39, 0.29) is 16.2 Å². The number of halogens is 1. The summed E-state index contributed by atoms with van der Waals surface area (Å²) in [5.74, 6) is 0. The van der Waals surface area contributed by atoms with Gasteiger partial charge in [-0.2, -0.15) is 0 Å². The fourth-order valence-corrected chi connectivity index (χ4v) is 12.0. The Morgan fingerprint density at radius 3 is 1.24 bits per heavy atom. The molecule has 0 radical (unpaired) electrons. The average Bonchev–Trinajstić information content (AvgIpc) is 3.92. The van der Waals surface area contributed by atoms with E-state index < -0.39 is 0 Å². The standard InChI is InChI=1S/C74H70BrN3.C2H6/c1-49-43-69(76(58-37-33-56(34-38-58)72(4,5)6)59-39-35-57(36-40-59)73(7,8)9)71(75)70(44-49)77(62-41-42-64-63-27-18-19-28-65(63)74(10,11)66(64)48-62)60-25-20-26-61(47-60)78(67-45-54(31-29-50(67)2)52-21-14-12-15-22-52)68-46-55(32-30-51(68)3)53-23-16-13-17-24-53;1-2/h12-48H,1-11H3;1-2H3. The van der Waals surface area contributed by atoms with Crippen LogP contribution in [0.4, 0.5) is 51.2 Å². The summed E-state index contributed by atoms with van der Waals surface area (Å²) in [6, 6.07) is 83.4. The number of nitrogens with zero attached hydrogens (tertiary/aromatic N) is 3. The Hall–Kier alpha value is -7.92. The van der Waals surface area contributed by atoms with Gasteiger partial charge in [0, 0.05) is 45.2 Å². The highest BCUT2D eigenvalue weighted by molar-refractivity contribution is 9.10. The maximum absolute atomic E-state index is 4.41. The lowest BCUT2D eigenvalue weighted by Crippen LogP contribution is -2.18. The van der Waals surface area contributed by atoms with Crippen molar-refractivity contribution in [1.82, 2.24) is 0 Å². The highest BCUT2D eigenvalue weighted by atomic mass is 79.9. The Morgan fingerprint density at radius 2 is 0.750 bits per heavy atom. The second-order valence-corrected chi connectivity index (χ2v) is 24.7. The summed E-state index contributed by atoms with van der Waals surface area (Å²) in [4.78, 5) is 7.38. The van der Waals surface area contributed by atoms with Crippen LogP contribution in [-0.2, 0) is 16.2 Å². The monoisotopic (exact) mass is 1110 g/mol. The molecular formula is C76H76BrN3.